The number of hydrogen-bond acceptors (Lipinski definition) is 4. The van der Waals surface area contributed by atoms with Crippen LogP contribution in [-0.2, 0) is 4.79 Å². The Hall–Kier alpha value is -2.34. The van der Waals surface area contributed by atoms with E-state index in [2.05, 4.69) is 17.3 Å². The highest BCUT2D eigenvalue weighted by molar-refractivity contribution is 5.99. The molecule has 0 bridgehead atoms. The molecule has 0 atom stereocenters. The van der Waals surface area contributed by atoms with Gasteiger partial charge in [-0.1, -0.05) is 11.1 Å². The minimum Gasteiger partial charge on any atom is -0.495 e. The van der Waals surface area contributed by atoms with Crippen molar-refractivity contribution in [2.45, 2.75) is 25.7 Å². The van der Waals surface area contributed by atoms with Gasteiger partial charge in [0.15, 0.2) is 0 Å². The van der Waals surface area contributed by atoms with E-state index >= 15 is 0 Å². The van der Waals surface area contributed by atoms with E-state index in [4.69, 9.17) is 4.74 Å². The zero-order valence-electron chi connectivity index (χ0n) is 16.1. The summed E-state index contributed by atoms with van der Waals surface area (Å²) in [4.78, 5) is 29.5. The largest absolute Gasteiger partial charge is 0.495 e. The predicted octanol–water partition coefficient (Wildman–Crippen LogP) is 2.52. The van der Waals surface area contributed by atoms with Crippen LogP contribution in [-0.4, -0.2) is 62.0 Å². The number of anilines is 1. The van der Waals surface area contributed by atoms with E-state index in [9.17, 15) is 9.59 Å². The Bertz CT molecular complexity index is 780. The van der Waals surface area contributed by atoms with Crippen molar-refractivity contribution < 1.29 is 14.3 Å². The summed E-state index contributed by atoms with van der Waals surface area (Å²) in [5.74, 6) is 0.640. The predicted molar refractivity (Wildman–Crippen MR) is 104 cm³/mol. The highest BCUT2D eigenvalue weighted by atomic mass is 16.5. The van der Waals surface area contributed by atoms with Gasteiger partial charge in [0.1, 0.15) is 5.75 Å². The van der Waals surface area contributed by atoms with Crippen LogP contribution in [0.3, 0.4) is 0 Å². The number of methoxy groups -OCH3 is 1. The smallest absolute Gasteiger partial charge is 0.254 e. The molecule has 0 radical (unpaired) electrons. The summed E-state index contributed by atoms with van der Waals surface area (Å²) in [6.07, 6.45) is 4.19. The van der Waals surface area contributed by atoms with Gasteiger partial charge in [-0.25, -0.2) is 0 Å². The van der Waals surface area contributed by atoms with E-state index in [1.165, 1.54) is 18.4 Å². The Balaban J connectivity index is 1.45. The first-order valence-electron chi connectivity index (χ1n) is 9.71. The van der Waals surface area contributed by atoms with Crippen LogP contribution in [0.1, 0.15) is 36.0 Å². The van der Waals surface area contributed by atoms with Crippen molar-refractivity contribution in [3.63, 3.8) is 0 Å². The summed E-state index contributed by atoms with van der Waals surface area (Å²) in [5, 5.41) is 2.98. The van der Waals surface area contributed by atoms with E-state index in [-0.39, 0.29) is 17.7 Å². The van der Waals surface area contributed by atoms with Gasteiger partial charge in [-0.15, -0.1) is 0 Å². The minimum atomic E-state index is 0.00523. The molecule has 0 aromatic heterocycles. The van der Waals surface area contributed by atoms with Crippen molar-refractivity contribution >= 4 is 17.5 Å². The van der Waals surface area contributed by atoms with Crippen LogP contribution in [0.25, 0.3) is 0 Å². The summed E-state index contributed by atoms with van der Waals surface area (Å²) in [7, 11) is 3.64. The molecule has 6 heteroatoms. The molecular weight excluding hydrogens is 342 g/mol. The second-order valence-electron chi connectivity index (χ2n) is 7.81. The maximum Gasteiger partial charge on any atom is 0.254 e. The summed E-state index contributed by atoms with van der Waals surface area (Å²) < 4.78 is 5.39. The number of benzene rings is 1. The molecule has 0 spiro atoms. The molecule has 4 rings (SSSR count). The van der Waals surface area contributed by atoms with E-state index in [1.54, 1.807) is 30.9 Å². The van der Waals surface area contributed by atoms with Crippen LogP contribution < -0.4 is 10.1 Å². The van der Waals surface area contributed by atoms with Crippen molar-refractivity contribution in [3.8, 4) is 5.75 Å². The first-order chi connectivity index (χ1) is 13.0. The number of carbonyl (C=O) groups excluding carboxylic acids is 2. The Morgan fingerprint density at radius 3 is 2.41 bits per heavy atom. The molecule has 1 saturated heterocycles. The molecule has 2 amide bonds. The third-order valence-electron chi connectivity index (χ3n) is 5.85. The number of rotatable bonds is 4. The van der Waals surface area contributed by atoms with Gasteiger partial charge in [0.05, 0.1) is 12.8 Å². The Morgan fingerprint density at radius 1 is 1.07 bits per heavy atom. The fourth-order valence-corrected chi connectivity index (χ4v) is 3.79. The van der Waals surface area contributed by atoms with Crippen LogP contribution in [0, 0.1) is 5.92 Å². The number of carbonyl (C=O) groups is 2. The van der Waals surface area contributed by atoms with Crippen LogP contribution >= 0.6 is 0 Å². The van der Waals surface area contributed by atoms with Gasteiger partial charge in [0.2, 0.25) is 5.91 Å². The number of amides is 2. The molecule has 3 fully saturated rings. The van der Waals surface area contributed by atoms with Gasteiger partial charge in [0, 0.05) is 37.7 Å². The first kappa shape index (κ1) is 18.0. The summed E-state index contributed by atoms with van der Waals surface area (Å²) in [6, 6.07) is 5.28. The zero-order valence-corrected chi connectivity index (χ0v) is 16.1. The van der Waals surface area contributed by atoms with Crippen molar-refractivity contribution in [1.29, 1.82) is 0 Å². The normalized spacial score (nSPS) is 22.3. The van der Waals surface area contributed by atoms with Gasteiger partial charge in [-0.2, -0.15) is 0 Å². The Kier molecular flexibility index (Phi) is 4.91. The average Bonchev–Trinajstić information content (AvgIpc) is 3.45. The molecule has 144 valence electrons. The SMILES string of the molecule is COc1ccc(C(=O)N2CCN(C)CC2)cc1NC(=O)C1CC(=C2CC2)C1. The molecule has 1 aliphatic heterocycles. The number of piperazine rings is 1. The topological polar surface area (TPSA) is 61.9 Å². The van der Waals surface area contributed by atoms with E-state index < -0.39 is 0 Å². The van der Waals surface area contributed by atoms with Crippen molar-refractivity contribution in [1.82, 2.24) is 9.80 Å². The molecule has 1 aromatic rings. The van der Waals surface area contributed by atoms with Gasteiger partial charge >= 0.3 is 0 Å². The number of nitrogens with one attached hydrogen (secondary N) is 1. The summed E-state index contributed by atoms with van der Waals surface area (Å²) in [5.41, 5.74) is 4.19. The molecule has 27 heavy (non-hydrogen) atoms. The van der Waals surface area contributed by atoms with Gasteiger partial charge in [0.25, 0.3) is 5.91 Å². The second kappa shape index (κ2) is 7.35. The number of hydrogen-bond donors (Lipinski definition) is 1. The molecule has 3 aliphatic rings. The average molecular weight is 369 g/mol. The van der Waals surface area contributed by atoms with Crippen LogP contribution in [0.2, 0.25) is 0 Å². The second-order valence-corrected chi connectivity index (χ2v) is 7.81. The lowest BCUT2D eigenvalue weighted by Crippen LogP contribution is -2.47. The summed E-state index contributed by atoms with van der Waals surface area (Å²) >= 11 is 0. The Morgan fingerprint density at radius 2 is 1.78 bits per heavy atom. The lowest BCUT2D eigenvalue weighted by atomic mass is 9.79. The Labute approximate surface area is 160 Å². The van der Waals surface area contributed by atoms with Gasteiger partial charge in [-0.3, -0.25) is 9.59 Å². The molecule has 2 saturated carbocycles. The van der Waals surface area contributed by atoms with Gasteiger partial charge in [-0.05, 0) is 50.9 Å². The quantitative estimate of drug-likeness (QED) is 0.829. The fraction of sp³-hybridized carbons (Fsp3) is 0.524. The molecule has 1 aromatic carbocycles. The third-order valence-corrected chi connectivity index (χ3v) is 5.85. The van der Waals surface area contributed by atoms with Crippen molar-refractivity contribution in [3.05, 3.63) is 34.9 Å². The number of likely N-dealkylation sites (N-methyl/N-ethyl adjacent to an activating group) is 1. The number of allylic oxidation sites excluding steroid dienone is 2. The number of ether oxygens (including phenoxy) is 1. The van der Waals surface area contributed by atoms with Crippen LogP contribution in [0.5, 0.6) is 5.75 Å². The monoisotopic (exact) mass is 369 g/mol. The highest BCUT2D eigenvalue weighted by Gasteiger charge is 2.34. The zero-order chi connectivity index (χ0) is 19.0. The number of nitrogens with zero attached hydrogens (tertiary/aromatic N) is 2. The third kappa shape index (κ3) is 3.86. The minimum absolute atomic E-state index is 0.00523. The first-order valence-corrected chi connectivity index (χ1v) is 9.71. The van der Waals surface area contributed by atoms with Crippen molar-refractivity contribution in [2.75, 3.05) is 45.7 Å². The van der Waals surface area contributed by atoms with Crippen molar-refractivity contribution in [2.24, 2.45) is 5.92 Å². The lowest BCUT2D eigenvalue weighted by molar-refractivity contribution is -0.121. The van der Waals surface area contributed by atoms with Crippen LogP contribution in [0.15, 0.2) is 29.3 Å². The molecular formula is C21H27N3O3. The van der Waals surface area contributed by atoms with Gasteiger partial charge < -0.3 is 19.9 Å². The maximum absolute atomic E-state index is 12.8. The van der Waals surface area contributed by atoms with E-state index in [0.29, 0.717) is 17.0 Å². The molecule has 0 unspecified atom stereocenters. The lowest BCUT2D eigenvalue weighted by Gasteiger charge is -2.32. The maximum atomic E-state index is 12.8. The standard InChI is InChI=1S/C21H27N3O3/c1-23-7-9-24(10-8-23)21(26)15-5-6-19(27-2)18(13-15)22-20(25)17-11-16(12-17)14-3-4-14/h5-6,13,17H,3-4,7-12H2,1-2H3,(H,22,25). The molecule has 2 aliphatic carbocycles. The molecule has 1 N–H and O–H groups in total. The fourth-order valence-electron chi connectivity index (χ4n) is 3.79. The summed E-state index contributed by atoms with van der Waals surface area (Å²) in [6.45, 7) is 3.21. The van der Waals surface area contributed by atoms with E-state index in [1.807, 2.05) is 4.90 Å². The highest BCUT2D eigenvalue weighted by Crippen LogP contribution is 2.44. The van der Waals surface area contributed by atoms with E-state index in [0.717, 1.165) is 39.0 Å². The van der Waals surface area contributed by atoms with Crippen LogP contribution in [0.4, 0.5) is 5.69 Å². The molecule has 1 heterocycles. The molecule has 6 nitrogen and oxygen atoms in total.